The van der Waals surface area contributed by atoms with E-state index in [4.69, 9.17) is 0 Å². The molecule has 0 radical (unpaired) electrons. The molecule has 0 spiro atoms. The van der Waals surface area contributed by atoms with Crippen LogP contribution in [0.5, 0.6) is 0 Å². The van der Waals surface area contributed by atoms with Crippen LogP contribution in [0.2, 0.25) is 0 Å². The van der Waals surface area contributed by atoms with Crippen LogP contribution in [-0.2, 0) is 4.79 Å². The molecule has 0 heterocycles. The van der Waals surface area contributed by atoms with Crippen LogP contribution in [0, 0.1) is 17.0 Å². The van der Waals surface area contributed by atoms with Crippen molar-refractivity contribution in [3.63, 3.8) is 0 Å². The zero-order valence-electron chi connectivity index (χ0n) is 12.1. The molecule has 108 valence electrons. The standard InChI is InChI=1S/C17H17NO3/c1-12-8-9-15(11-17(12)18(20)21)16(10-13(2)19)14-6-4-3-5-7-14/h3-9,11,16H,10H2,1-2H3. The number of nitro benzene ring substituents is 1. The Labute approximate surface area is 123 Å². The molecule has 0 saturated heterocycles. The van der Waals surface area contributed by atoms with Crippen LogP contribution in [0.15, 0.2) is 48.5 Å². The number of rotatable bonds is 5. The summed E-state index contributed by atoms with van der Waals surface area (Å²) in [7, 11) is 0. The van der Waals surface area contributed by atoms with Crippen molar-refractivity contribution in [3.05, 3.63) is 75.3 Å². The molecule has 0 aliphatic rings. The number of aryl methyl sites for hydroxylation is 1. The molecule has 1 atom stereocenters. The zero-order chi connectivity index (χ0) is 15.4. The third kappa shape index (κ3) is 3.54. The van der Waals surface area contributed by atoms with Gasteiger partial charge in [-0.2, -0.15) is 0 Å². The fourth-order valence-electron chi connectivity index (χ4n) is 2.44. The molecule has 0 saturated carbocycles. The molecule has 0 aliphatic heterocycles. The lowest BCUT2D eigenvalue weighted by atomic mass is 9.86. The number of benzene rings is 2. The van der Waals surface area contributed by atoms with Gasteiger partial charge in [0, 0.05) is 24.0 Å². The fraction of sp³-hybridized carbons (Fsp3) is 0.235. The van der Waals surface area contributed by atoms with Gasteiger partial charge in [-0.15, -0.1) is 0 Å². The summed E-state index contributed by atoms with van der Waals surface area (Å²) in [6, 6.07) is 14.8. The number of nitrogens with zero attached hydrogens (tertiary/aromatic N) is 1. The number of carbonyl (C=O) groups is 1. The molecule has 2 aromatic rings. The average Bonchev–Trinajstić information content (AvgIpc) is 2.46. The van der Waals surface area contributed by atoms with Crippen LogP contribution in [0.3, 0.4) is 0 Å². The highest BCUT2D eigenvalue weighted by molar-refractivity contribution is 5.77. The Kier molecular flexibility index (Phi) is 4.48. The Hall–Kier alpha value is -2.49. The van der Waals surface area contributed by atoms with Gasteiger partial charge in [0.2, 0.25) is 0 Å². The largest absolute Gasteiger partial charge is 0.300 e. The monoisotopic (exact) mass is 283 g/mol. The highest BCUT2D eigenvalue weighted by atomic mass is 16.6. The third-order valence-corrected chi connectivity index (χ3v) is 3.53. The first kappa shape index (κ1) is 14.9. The van der Waals surface area contributed by atoms with Crippen LogP contribution < -0.4 is 0 Å². The molecule has 2 rings (SSSR count). The van der Waals surface area contributed by atoms with Crippen molar-refractivity contribution in [3.8, 4) is 0 Å². The predicted molar refractivity (Wildman–Crippen MR) is 81.4 cm³/mol. The average molecular weight is 283 g/mol. The van der Waals surface area contributed by atoms with Gasteiger partial charge in [-0.3, -0.25) is 14.9 Å². The second-order valence-corrected chi connectivity index (χ2v) is 5.17. The smallest absolute Gasteiger partial charge is 0.272 e. The molecule has 4 heteroatoms. The highest BCUT2D eigenvalue weighted by Gasteiger charge is 2.20. The second kappa shape index (κ2) is 6.31. The van der Waals surface area contributed by atoms with Crippen LogP contribution in [0.1, 0.15) is 36.0 Å². The van der Waals surface area contributed by atoms with E-state index in [1.165, 1.54) is 0 Å². The van der Waals surface area contributed by atoms with Gasteiger partial charge in [-0.05, 0) is 25.0 Å². The van der Waals surface area contributed by atoms with Gasteiger partial charge in [0.25, 0.3) is 5.69 Å². The normalized spacial score (nSPS) is 11.9. The summed E-state index contributed by atoms with van der Waals surface area (Å²) < 4.78 is 0. The Bertz CT molecular complexity index is 665. The maximum absolute atomic E-state index is 11.6. The zero-order valence-corrected chi connectivity index (χ0v) is 12.1. The van der Waals surface area contributed by atoms with Crippen molar-refractivity contribution >= 4 is 11.5 Å². The summed E-state index contributed by atoms with van der Waals surface area (Å²) in [4.78, 5) is 22.3. The molecule has 0 bridgehead atoms. The van der Waals surface area contributed by atoms with Crippen molar-refractivity contribution in [2.24, 2.45) is 0 Å². The van der Waals surface area contributed by atoms with Gasteiger partial charge < -0.3 is 0 Å². The van der Waals surface area contributed by atoms with Crippen molar-refractivity contribution in [1.29, 1.82) is 0 Å². The minimum atomic E-state index is -0.380. The topological polar surface area (TPSA) is 60.2 Å². The van der Waals surface area contributed by atoms with Gasteiger partial charge in [-0.25, -0.2) is 0 Å². The van der Waals surface area contributed by atoms with E-state index in [-0.39, 0.29) is 22.3 Å². The molecule has 4 nitrogen and oxygen atoms in total. The quantitative estimate of drug-likeness (QED) is 0.615. The maximum Gasteiger partial charge on any atom is 0.272 e. The van der Waals surface area contributed by atoms with E-state index >= 15 is 0 Å². The number of hydrogen-bond acceptors (Lipinski definition) is 3. The van der Waals surface area contributed by atoms with Crippen LogP contribution in [0.4, 0.5) is 5.69 Å². The minimum absolute atomic E-state index is 0.0621. The summed E-state index contributed by atoms with van der Waals surface area (Å²) in [6.45, 7) is 3.25. The predicted octanol–water partition coefficient (Wildman–Crippen LogP) is 4.01. The number of carbonyl (C=O) groups excluding carboxylic acids is 1. The summed E-state index contributed by atoms with van der Waals surface area (Å²) in [5.74, 6) is -0.0879. The van der Waals surface area contributed by atoms with E-state index in [1.54, 1.807) is 26.0 Å². The lowest BCUT2D eigenvalue weighted by molar-refractivity contribution is -0.385. The summed E-state index contributed by atoms with van der Waals surface area (Å²) >= 11 is 0. The Morgan fingerprint density at radius 3 is 2.38 bits per heavy atom. The summed E-state index contributed by atoms with van der Waals surface area (Å²) in [5.41, 5.74) is 2.51. The molecule has 0 N–H and O–H groups in total. The molecule has 2 aromatic carbocycles. The minimum Gasteiger partial charge on any atom is -0.300 e. The van der Waals surface area contributed by atoms with E-state index in [0.29, 0.717) is 12.0 Å². The van der Waals surface area contributed by atoms with Crippen molar-refractivity contribution < 1.29 is 9.72 Å². The van der Waals surface area contributed by atoms with E-state index in [0.717, 1.165) is 11.1 Å². The first-order chi connectivity index (χ1) is 9.99. The fourth-order valence-corrected chi connectivity index (χ4v) is 2.44. The lowest BCUT2D eigenvalue weighted by Gasteiger charge is -2.17. The van der Waals surface area contributed by atoms with E-state index in [9.17, 15) is 14.9 Å². The van der Waals surface area contributed by atoms with Crippen molar-refractivity contribution in [1.82, 2.24) is 0 Å². The van der Waals surface area contributed by atoms with E-state index in [2.05, 4.69) is 0 Å². The first-order valence-corrected chi connectivity index (χ1v) is 6.78. The van der Waals surface area contributed by atoms with Gasteiger partial charge in [0.1, 0.15) is 5.78 Å². The SMILES string of the molecule is CC(=O)CC(c1ccccc1)c1ccc(C)c([N+](=O)[O-])c1. The lowest BCUT2D eigenvalue weighted by Crippen LogP contribution is -2.07. The molecule has 0 aromatic heterocycles. The van der Waals surface area contributed by atoms with Crippen molar-refractivity contribution in [2.75, 3.05) is 0 Å². The molecule has 0 amide bonds. The number of nitro groups is 1. The number of ketones is 1. The van der Waals surface area contributed by atoms with E-state index in [1.807, 2.05) is 36.4 Å². The molecule has 21 heavy (non-hydrogen) atoms. The van der Waals surface area contributed by atoms with Crippen LogP contribution in [-0.4, -0.2) is 10.7 Å². The maximum atomic E-state index is 11.6. The molecule has 0 aliphatic carbocycles. The van der Waals surface area contributed by atoms with Gasteiger partial charge >= 0.3 is 0 Å². The van der Waals surface area contributed by atoms with Gasteiger partial charge in [0.15, 0.2) is 0 Å². The van der Waals surface area contributed by atoms with Crippen molar-refractivity contribution in [2.45, 2.75) is 26.2 Å². The highest BCUT2D eigenvalue weighted by Crippen LogP contribution is 2.31. The Morgan fingerprint density at radius 1 is 1.14 bits per heavy atom. The molecule has 0 fully saturated rings. The number of hydrogen-bond donors (Lipinski definition) is 0. The second-order valence-electron chi connectivity index (χ2n) is 5.17. The van der Waals surface area contributed by atoms with Gasteiger partial charge in [-0.1, -0.05) is 42.5 Å². The first-order valence-electron chi connectivity index (χ1n) is 6.78. The summed E-state index contributed by atoms with van der Waals surface area (Å²) in [6.07, 6.45) is 0.338. The Balaban J connectivity index is 2.49. The molecular formula is C17H17NO3. The van der Waals surface area contributed by atoms with Crippen LogP contribution in [0.25, 0.3) is 0 Å². The van der Waals surface area contributed by atoms with E-state index < -0.39 is 0 Å². The van der Waals surface area contributed by atoms with Crippen LogP contribution >= 0.6 is 0 Å². The van der Waals surface area contributed by atoms with Gasteiger partial charge in [0.05, 0.1) is 4.92 Å². The number of Topliss-reactive ketones (excluding diaryl/α,β-unsaturated/α-hetero) is 1. The summed E-state index contributed by atoms with van der Waals surface area (Å²) in [5, 5.41) is 11.1. The Morgan fingerprint density at radius 2 is 1.81 bits per heavy atom. The third-order valence-electron chi connectivity index (χ3n) is 3.53. The molecule has 1 unspecified atom stereocenters. The molecular weight excluding hydrogens is 266 g/mol.